The van der Waals surface area contributed by atoms with Crippen LogP contribution in [0.5, 0.6) is 0 Å². The lowest BCUT2D eigenvalue weighted by molar-refractivity contribution is 0.00599. The van der Waals surface area contributed by atoms with E-state index in [1.54, 1.807) is 20.8 Å². The quantitative estimate of drug-likeness (QED) is 0.691. The van der Waals surface area contributed by atoms with Crippen molar-refractivity contribution in [3.63, 3.8) is 0 Å². The van der Waals surface area contributed by atoms with Crippen molar-refractivity contribution in [2.45, 2.75) is 33.0 Å². The highest BCUT2D eigenvalue weighted by molar-refractivity contribution is 5.88. The fourth-order valence-corrected chi connectivity index (χ4v) is 0.939. The molecular weight excluding hydrogens is 184 g/mol. The van der Waals surface area contributed by atoms with Crippen molar-refractivity contribution in [2.75, 3.05) is 0 Å². The Balaban J connectivity index is 2.80. The maximum Gasteiger partial charge on any atom is 0.359 e. The van der Waals surface area contributed by atoms with Crippen LogP contribution < -0.4 is 0 Å². The molecule has 0 unspecified atom stereocenters. The second-order valence-electron chi connectivity index (χ2n) is 3.92. The van der Waals surface area contributed by atoms with Gasteiger partial charge in [0.15, 0.2) is 5.69 Å². The number of hydrogen-bond donors (Lipinski definition) is 2. The molecule has 0 saturated heterocycles. The zero-order chi connectivity index (χ0) is 10.8. The van der Waals surface area contributed by atoms with Gasteiger partial charge in [-0.3, -0.25) is 5.10 Å². The van der Waals surface area contributed by atoms with Crippen molar-refractivity contribution in [1.82, 2.24) is 10.2 Å². The van der Waals surface area contributed by atoms with Gasteiger partial charge in [-0.25, -0.2) is 4.79 Å². The third-order valence-corrected chi connectivity index (χ3v) is 1.48. The van der Waals surface area contributed by atoms with Crippen LogP contribution in [-0.4, -0.2) is 26.9 Å². The highest BCUT2D eigenvalue weighted by Gasteiger charge is 2.21. The van der Waals surface area contributed by atoms with Gasteiger partial charge in [-0.1, -0.05) is 0 Å². The number of aliphatic hydroxyl groups excluding tert-OH is 1. The molecule has 0 saturated carbocycles. The molecule has 0 fully saturated rings. The van der Waals surface area contributed by atoms with Gasteiger partial charge in [0.05, 0.1) is 6.61 Å². The van der Waals surface area contributed by atoms with Gasteiger partial charge in [-0.05, 0) is 20.8 Å². The minimum atomic E-state index is -0.553. The lowest BCUT2D eigenvalue weighted by Crippen LogP contribution is -2.24. The molecule has 14 heavy (non-hydrogen) atoms. The van der Waals surface area contributed by atoms with E-state index in [9.17, 15) is 4.79 Å². The van der Waals surface area contributed by atoms with E-state index in [4.69, 9.17) is 9.84 Å². The summed E-state index contributed by atoms with van der Waals surface area (Å²) in [5, 5.41) is 15.1. The Bertz CT molecular complexity index is 325. The molecule has 0 aromatic carbocycles. The molecule has 1 aromatic heterocycles. The van der Waals surface area contributed by atoms with E-state index < -0.39 is 11.6 Å². The number of rotatable bonds is 2. The van der Waals surface area contributed by atoms with E-state index in [0.717, 1.165) is 0 Å². The van der Waals surface area contributed by atoms with Crippen LogP contribution in [0.25, 0.3) is 0 Å². The van der Waals surface area contributed by atoms with Gasteiger partial charge in [0.25, 0.3) is 0 Å². The highest BCUT2D eigenvalue weighted by Crippen LogP contribution is 2.13. The van der Waals surface area contributed by atoms with E-state index in [-0.39, 0.29) is 12.3 Å². The Morgan fingerprint density at radius 3 is 2.79 bits per heavy atom. The first-order chi connectivity index (χ1) is 6.44. The number of H-pyrrole nitrogens is 1. The normalized spacial score (nSPS) is 11.4. The standard InChI is InChI=1S/C9H14N2O3/c1-9(2,3)14-8(13)7-6(5-12)4-10-11-7/h4,12H,5H2,1-3H3,(H,10,11). The molecule has 2 N–H and O–H groups in total. The predicted octanol–water partition coefficient (Wildman–Crippen LogP) is 0.857. The summed E-state index contributed by atoms with van der Waals surface area (Å²) in [6, 6.07) is 0. The first-order valence-corrected chi connectivity index (χ1v) is 4.31. The van der Waals surface area contributed by atoms with Crippen LogP contribution >= 0.6 is 0 Å². The molecule has 0 aliphatic heterocycles. The molecule has 1 aromatic rings. The number of hydrogen-bond acceptors (Lipinski definition) is 4. The SMILES string of the molecule is CC(C)(C)OC(=O)c1n[nH]cc1CO. The number of aliphatic hydroxyl groups is 1. The maximum atomic E-state index is 11.5. The summed E-state index contributed by atoms with van der Waals surface area (Å²) in [6.45, 7) is 5.09. The van der Waals surface area contributed by atoms with Crippen LogP contribution in [0.1, 0.15) is 36.8 Å². The number of aromatic amines is 1. The van der Waals surface area contributed by atoms with Crippen molar-refractivity contribution < 1.29 is 14.6 Å². The summed E-state index contributed by atoms with van der Waals surface area (Å²) in [7, 11) is 0. The van der Waals surface area contributed by atoms with E-state index in [1.807, 2.05) is 0 Å². The van der Waals surface area contributed by atoms with Gasteiger partial charge in [0.1, 0.15) is 5.60 Å². The lowest BCUT2D eigenvalue weighted by Gasteiger charge is -2.18. The van der Waals surface area contributed by atoms with Crippen LogP contribution in [-0.2, 0) is 11.3 Å². The minimum Gasteiger partial charge on any atom is -0.455 e. The maximum absolute atomic E-state index is 11.5. The Morgan fingerprint density at radius 2 is 2.29 bits per heavy atom. The van der Waals surface area contributed by atoms with Crippen LogP contribution in [0.3, 0.4) is 0 Å². The Labute approximate surface area is 82.1 Å². The predicted molar refractivity (Wildman–Crippen MR) is 49.7 cm³/mol. The second-order valence-corrected chi connectivity index (χ2v) is 3.92. The number of nitrogens with zero attached hydrogens (tertiary/aromatic N) is 1. The summed E-state index contributed by atoms with van der Waals surface area (Å²) in [6.07, 6.45) is 1.47. The van der Waals surface area contributed by atoms with Gasteiger partial charge in [0.2, 0.25) is 0 Å². The summed E-state index contributed by atoms with van der Waals surface area (Å²) in [5.74, 6) is -0.525. The van der Waals surface area contributed by atoms with Gasteiger partial charge < -0.3 is 9.84 Å². The topological polar surface area (TPSA) is 75.2 Å². The number of esters is 1. The molecule has 1 heterocycles. The molecule has 0 spiro atoms. The van der Waals surface area contributed by atoms with E-state index in [1.165, 1.54) is 6.20 Å². The monoisotopic (exact) mass is 198 g/mol. The third-order valence-electron chi connectivity index (χ3n) is 1.48. The van der Waals surface area contributed by atoms with Crippen LogP contribution in [0.4, 0.5) is 0 Å². The molecule has 5 heteroatoms. The van der Waals surface area contributed by atoms with Gasteiger partial charge in [-0.15, -0.1) is 0 Å². The summed E-state index contributed by atoms with van der Waals surface area (Å²) in [4.78, 5) is 11.5. The number of carbonyl (C=O) groups is 1. The van der Waals surface area contributed by atoms with Crippen LogP contribution in [0.15, 0.2) is 6.20 Å². The van der Waals surface area contributed by atoms with Crippen molar-refractivity contribution >= 4 is 5.97 Å². The molecule has 0 aliphatic carbocycles. The Morgan fingerprint density at radius 1 is 1.64 bits per heavy atom. The fourth-order valence-electron chi connectivity index (χ4n) is 0.939. The van der Waals surface area contributed by atoms with Crippen molar-refractivity contribution in [1.29, 1.82) is 0 Å². The smallest absolute Gasteiger partial charge is 0.359 e. The van der Waals surface area contributed by atoms with Crippen molar-refractivity contribution in [2.24, 2.45) is 0 Å². The van der Waals surface area contributed by atoms with Crippen LogP contribution in [0.2, 0.25) is 0 Å². The van der Waals surface area contributed by atoms with E-state index in [0.29, 0.717) is 5.56 Å². The largest absolute Gasteiger partial charge is 0.455 e. The highest BCUT2D eigenvalue weighted by atomic mass is 16.6. The molecule has 5 nitrogen and oxygen atoms in total. The Kier molecular flexibility index (Phi) is 2.90. The number of aromatic nitrogens is 2. The molecule has 0 bridgehead atoms. The summed E-state index contributed by atoms with van der Waals surface area (Å²) in [5.41, 5.74) is 0.0321. The number of carbonyl (C=O) groups excluding carboxylic acids is 1. The zero-order valence-electron chi connectivity index (χ0n) is 8.50. The van der Waals surface area contributed by atoms with Gasteiger partial charge in [0, 0.05) is 11.8 Å². The molecule has 0 amide bonds. The van der Waals surface area contributed by atoms with E-state index >= 15 is 0 Å². The lowest BCUT2D eigenvalue weighted by atomic mass is 10.2. The molecule has 1 rings (SSSR count). The molecule has 78 valence electrons. The second kappa shape index (κ2) is 3.79. The molecule has 0 aliphatic rings. The Hall–Kier alpha value is -1.36. The summed E-state index contributed by atoms with van der Waals surface area (Å²) >= 11 is 0. The first-order valence-electron chi connectivity index (χ1n) is 4.31. The van der Waals surface area contributed by atoms with Crippen molar-refractivity contribution in [3.05, 3.63) is 17.5 Å². The number of nitrogens with one attached hydrogen (secondary N) is 1. The van der Waals surface area contributed by atoms with Crippen molar-refractivity contribution in [3.8, 4) is 0 Å². The number of ether oxygens (including phenoxy) is 1. The summed E-state index contributed by atoms with van der Waals surface area (Å²) < 4.78 is 5.09. The fraction of sp³-hybridized carbons (Fsp3) is 0.556. The van der Waals surface area contributed by atoms with Gasteiger partial charge in [-0.2, -0.15) is 5.10 Å². The minimum absolute atomic E-state index is 0.141. The first kappa shape index (κ1) is 10.7. The van der Waals surface area contributed by atoms with Crippen LogP contribution in [0, 0.1) is 0 Å². The van der Waals surface area contributed by atoms with Gasteiger partial charge >= 0.3 is 5.97 Å². The molecule has 0 atom stereocenters. The molecule has 0 radical (unpaired) electrons. The third kappa shape index (κ3) is 2.56. The molecular formula is C9H14N2O3. The van der Waals surface area contributed by atoms with E-state index in [2.05, 4.69) is 10.2 Å². The zero-order valence-corrected chi connectivity index (χ0v) is 8.50. The average Bonchev–Trinajstić information content (AvgIpc) is 2.47. The average molecular weight is 198 g/mol.